The Morgan fingerprint density at radius 1 is 1.21 bits per heavy atom. The van der Waals surface area contributed by atoms with Gasteiger partial charge in [0.25, 0.3) is 0 Å². The Morgan fingerprint density at radius 2 is 2.00 bits per heavy atom. The van der Waals surface area contributed by atoms with Crippen LogP contribution in [0.2, 0.25) is 0 Å². The van der Waals surface area contributed by atoms with E-state index in [1.54, 1.807) is 0 Å². The number of rotatable bonds is 2. The lowest BCUT2D eigenvalue weighted by Crippen LogP contribution is -2.49. The fraction of sp³-hybridized carbons (Fsp3) is 0.455. The topological polar surface area (TPSA) is 24.1 Å². The van der Waals surface area contributed by atoms with Crippen LogP contribution in [-0.2, 0) is 6.42 Å². The summed E-state index contributed by atoms with van der Waals surface area (Å²) in [7, 11) is 0. The zero-order chi connectivity index (χ0) is 9.80. The van der Waals surface area contributed by atoms with Crippen molar-refractivity contribution in [1.29, 1.82) is 0 Å². The van der Waals surface area contributed by atoms with Crippen LogP contribution in [0.25, 0.3) is 0 Å². The molecule has 2 rings (SSSR count). The van der Waals surface area contributed by atoms with Gasteiger partial charge in [-0.3, -0.25) is 0 Å². The molecule has 0 aromatic heterocycles. The van der Waals surface area contributed by atoms with Gasteiger partial charge < -0.3 is 10.6 Å². The Morgan fingerprint density at radius 3 is 2.64 bits per heavy atom. The smallest absolute Gasteiger partial charge is 0.123 e. The number of hydrogen-bond acceptors (Lipinski definition) is 2. The molecule has 76 valence electrons. The summed E-state index contributed by atoms with van der Waals surface area (Å²) in [5.41, 5.74) is 1.19. The van der Waals surface area contributed by atoms with Crippen molar-refractivity contribution in [2.24, 2.45) is 0 Å². The molecule has 0 spiro atoms. The first-order valence-electron chi connectivity index (χ1n) is 5.03. The molecule has 0 bridgehead atoms. The first-order valence-corrected chi connectivity index (χ1v) is 5.03. The molecular formula is C11H15FN2. The van der Waals surface area contributed by atoms with Crippen molar-refractivity contribution in [3.05, 3.63) is 35.6 Å². The zero-order valence-corrected chi connectivity index (χ0v) is 8.09. The molecule has 0 amide bonds. The number of nitrogens with one attached hydrogen (secondary N) is 2. The van der Waals surface area contributed by atoms with E-state index in [1.165, 1.54) is 17.7 Å². The van der Waals surface area contributed by atoms with Crippen molar-refractivity contribution < 1.29 is 4.39 Å². The second-order valence-corrected chi connectivity index (χ2v) is 3.69. The second-order valence-electron chi connectivity index (χ2n) is 3.69. The maximum Gasteiger partial charge on any atom is 0.123 e. The lowest BCUT2D eigenvalue weighted by molar-refractivity contribution is 0.416. The Bertz CT molecular complexity index is 278. The van der Waals surface area contributed by atoms with Crippen LogP contribution in [0.4, 0.5) is 4.39 Å². The van der Waals surface area contributed by atoms with E-state index in [0.717, 1.165) is 26.1 Å². The standard InChI is InChI=1S/C11H15FN2/c12-10-3-1-9(2-4-10)7-11-8-13-5-6-14-11/h1-4,11,13-14H,5-8H2. The number of piperazine rings is 1. The van der Waals surface area contributed by atoms with Crippen LogP contribution in [0.15, 0.2) is 24.3 Å². The van der Waals surface area contributed by atoms with Crippen molar-refractivity contribution in [2.45, 2.75) is 12.5 Å². The normalized spacial score (nSPS) is 22.2. The number of benzene rings is 1. The average molecular weight is 194 g/mol. The van der Waals surface area contributed by atoms with Crippen LogP contribution in [-0.4, -0.2) is 25.7 Å². The van der Waals surface area contributed by atoms with Crippen LogP contribution in [0.1, 0.15) is 5.56 Å². The van der Waals surface area contributed by atoms with Crippen molar-refractivity contribution in [2.75, 3.05) is 19.6 Å². The average Bonchev–Trinajstić information content (AvgIpc) is 2.23. The monoisotopic (exact) mass is 194 g/mol. The highest BCUT2D eigenvalue weighted by Gasteiger charge is 2.11. The summed E-state index contributed by atoms with van der Waals surface area (Å²) in [6.07, 6.45) is 0.966. The molecule has 2 nitrogen and oxygen atoms in total. The molecule has 1 aromatic rings. The van der Waals surface area contributed by atoms with Gasteiger partial charge in [-0.2, -0.15) is 0 Å². The SMILES string of the molecule is Fc1ccc(CC2CNCCN2)cc1. The van der Waals surface area contributed by atoms with E-state index in [2.05, 4.69) is 10.6 Å². The van der Waals surface area contributed by atoms with Crippen LogP contribution in [0.5, 0.6) is 0 Å². The molecule has 1 aliphatic rings. The van der Waals surface area contributed by atoms with Gasteiger partial charge in [0, 0.05) is 25.7 Å². The molecule has 1 unspecified atom stereocenters. The van der Waals surface area contributed by atoms with Gasteiger partial charge in [0.05, 0.1) is 0 Å². The Hall–Kier alpha value is -0.930. The van der Waals surface area contributed by atoms with E-state index in [4.69, 9.17) is 0 Å². The Kier molecular flexibility index (Phi) is 3.11. The highest BCUT2D eigenvalue weighted by molar-refractivity contribution is 5.17. The summed E-state index contributed by atoms with van der Waals surface area (Å²) < 4.78 is 12.6. The third-order valence-electron chi connectivity index (χ3n) is 2.52. The second kappa shape index (κ2) is 4.53. The van der Waals surface area contributed by atoms with E-state index in [-0.39, 0.29) is 5.82 Å². The summed E-state index contributed by atoms with van der Waals surface area (Å²) >= 11 is 0. The Labute approximate surface area is 83.5 Å². The number of halogens is 1. The zero-order valence-electron chi connectivity index (χ0n) is 8.09. The van der Waals surface area contributed by atoms with Gasteiger partial charge in [0.15, 0.2) is 0 Å². The molecule has 2 N–H and O–H groups in total. The van der Waals surface area contributed by atoms with Gasteiger partial charge in [-0.25, -0.2) is 4.39 Å². The van der Waals surface area contributed by atoms with Crippen LogP contribution in [0, 0.1) is 5.82 Å². The van der Waals surface area contributed by atoms with Gasteiger partial charge in [0.2, 0.25) is 0 Å². The van der Waals surface area contributed by atoms with Gasteiger partial charge in [-0.05, 0) is 24.1 Å². The molecule has 1 heterocycles. The molecule has 3 heteroatoms. The van der Waals surface area contributed by atoms with Gasteiger partial charge >= 0.3 is 0 Å². The summed E-state index contributed by atoms with van der Waals surface area (Å²) in [5, 5.41) is 6.76. The number of hydrogen-bond donors (Lipinski definition) is 2. The molecule has 0 radical (unpaired) electrons. The van der Waals surface area contributed by atoms with E-state index in [0.29, 0.717) is 6.04 Å². The van der Waals surface area contributed by atoms with Crippen LogP contribution in [0.3, 0.4) is 0 Å². The first kappa shape index (κ1) is 9.62. The summed E-state index contributed by atoms with van der Waals surface area (Å²) in [6.45, 7) is 3.06. The molecule has 14 heavy (non-hydrogen) atoms. The Balaban J connectivity index is 1.92. The highest BCUT2D eigenvalue weighted by Crippen LogP contribution is 2.06. The van der Waals surface area contributed by atoms with E-state index in [9.17, 15) is 4.39 Å². The largest absolute Gasteiger partial charge is 0.314 e. The van der Waals surface area contributed by atoms with Crippen LogP contribution >= 0.6 is 0 Å². The molecular weight excluding hydrogens is 179 g/mol. The predicted molar refractivity (Wildman–Crippen MR) is 54.8 cm³/mol. The lowest BCUT2D eigenvalue weighted by Gasteiger charge is -2.24. The lowest BCUT2D eigenvalue weighted by atomic mass is 10.0. The third kappa shape index (κ3) is 2.53. The minimum absolute atomic E-state index is 0.163. The van der Waals surface area contributed by atoms with Crippen molar-refractivity contribution in [3.8, 4) is 0 Å². The molecule has 1 aromatic carbocycles. The molecule has 1 fully saturated rings. The minimum atomic E-state index is -0.163. The fourth-order valence-corrected chi connectivity index (χ4v) is 1.76. The maximum atomic E-state index is 12.6. The predicted octanol–water partition coefficient (Wildman–Crippen LogP) is 0.930. The molecule has 0 saturated carbocycles. The maximum absolute atomic E-state index is 12.6. The van der Waals surface area contributed by atoms with E-state index < -0.39 is 0 Å². The molecule has 1 atom stereocenters. The van der Waals surface area contributed by atoms with Gasteiger partial charge in [-0.1, -0.05) is 12.1 Å². The summed E-state index contributed by atoms with van der Waals surface area (Å²) in [6, 6.07) is 7.23. The summed E-state index contributed by atoms with van der Waals surface area (Å²) in [4.78, 5) is 0. The van der Waals surface area contributed by atoms with Gasteiger partial charge in [-0.15, -0.1) is 0 Å². The third-order valence-corrected chi connectivity index (χ3v) is 2.52. The minimum Gasteiger partial charge on any atom is -0.314 e. The van der Waals surface area contributed by atoms with Gasteiger partial charge in [0.1, 0.15) is 5.82 Å². The molecule has 0 aliphatic carbocycles. The molecule has 1 aliphatic heterocycles. The quantitative estimate of drug-likeness (QED) is 0.732. The van der Waals surface area contributed by atoms with Crippen molar-refractivity contribution >= 4 is 0 Å². The highest BCUT2D eigenvalue weighted by atomic mass is 19.1. The van der Waals surface area contributed by atoms with Crippen molar-refractivity contribution in [1.82, 2.24) is 10.6 Å². The van der Waals surface area contributed by atoms with E-state index >= 15 is 0 Å². The van der Waals surface area contributed by atoms with Crippen molar-refractivity contribution in [3.63, 3.8) is 0 Å². The molecule has 1 saturated heterocycles. The van der Waals surface area contributed by atoms with E-state index in [1.807, 2.05) is 12.1 Å². The summed E-state index contributed by atoms with van der Waals surface area (Å²) in [5.74, 6) is -0.163. The fourth-order valence-electron chi connectivity index (χ4n) is 1.76. The first-order chi connectivity index (χ1) is 6.84. The van der Waals surface area contributed by atoms with Crippen LogP contribution < -0.4 is 10.6 Å².